The molecule has 0 saturated heterocycles. The van der Waals surface area contributed by atoms with Crippen molar-refractivity contribution in [3.05, 3.63) is 22.2 Å². The molecule has 1 rings (SSSR count). The molecule has 0 heterocycles. The summed E-state index contributed by atoms with van der Waals surface area (Å²) >= 11 is 13.4. The minimum absolute atomic E-state index is 0.105. The fraction of sp³-hybridized carbons (Fsp3) is 0.417. The zero-order valence-corrected chi connectivity index (χ0v) is 12.5. The van der Waals surface area contributed by atoms with E-state index in [1.807, 2.05) is 0 Å². The van der Waals surface area contributed by atoms with E-state index in [4.69, 9.17) is 28.9 Å². The van der Waals surface area contributed by atoms with Gasteiger partial charge in [0.25, 0.3) is 0 Å². The van der Waals surface area contributed by atoms with Crippen molar-refractivity contribution >= 4 is 52.2 Å². The minimum atomic E-state index is -0.105. The Labute approximate surface area is 121 Å². The summed E-state index contributed by atoms with van der Waals surface area (Å²) in [5.41, 5.74) is 6.56. The van der Waals surface area contributed by atoms with Gasteiger partial charge in [0.2, 0.25) is 5.91 Å². The number of unbranched alkanes of at least 4 members (excludes halogenated alkanes) is 1. The van der Waals surface area contributed by atoms with Crippen molar-refractivity contribution in [3.8, 4) is 0 Å². The number of carbonyl (C=O) groups excluding carboxylic acids is 1. The van der Waals surface area contributed by atoms with Gasteiger partial charge in [0, 0.05) is 5.02 Å². The molecule has 100 valence electrons. The van der Waals surface area contributed by atoms with Crippen LogP contribution in [-0.4, -0.2) is 17.4 Å². The molecule has 0 aliphatic rings. The molecule has 0 aliphatic carbocycles. The van der Waals surface area contributed by atoms with Gasteiger partial charge in [-0.1, -0.05) is 36.5 Å². The lowest BCUT2D eigenvalue weighted by atomic mass is 10.2. The molecule has 0 aromatic heterocycles. The Morgan fingerprint density at radius 1 is 1.44 bits per heavy atom. The minimum Gasteiger partial charge on any atom is -0.397 e. The van der Waals surface area contributed by atoms with Crippen molar-refractivity contribution < 1.29 is 4.79 Å². The van der Waals surface area contributed by atoms with E-state index in [1.165, 1.54) is 0 Å². The number of halogens is 2. The highest BCUT2D eigenvalue weighted by molar-refractivity contribution is 7.99. The third-order valence-corrected chi connectivity index (χ3v) is 3.79. The Bertz CT molecular complexity index is 404. The Hall–Kier alpha value is -0.580. The molecule has 0 radical (unpaired) electrons. The number of nitrogens with two attached hydrogens (primary N) is 1. The summed E-state index contributed by atoms with van der Waals surface area (Å²) < 4.78 is 0. The van der Waals surface area contributed by atoms with Crippen molar-refractivity contribution in [3.63, 3.8) is 0 Å². The van der Waals surface area contributed by atoms with Gasteiger partial charge in [-0.05, 0) is 24.3 Å². The van der Waals surface area contributed by atoms with E-state index in [1.54, 1.807) is 23.9 Å². The number of hydrogen-bond acceptors (Lipinski definition) is 3. The van der Waals surface area contributed by atoms with E-state index in [-0.39, 0.29) is 5.91 Å². The molecule has 1 aromatic rings. The first-order chi connectivity index (χ1) is 8.54. The molecule has 1 amide bonds. The highest BCUT2D eigenvalue weighted by Gasteiger charge is 2.10. The number of hydrogen-bond donors (Lipinski definition) is 2. The third-order valence-electron chi connectivity index (χ3n) is 2.23. The van der Waals surface area contributed by atoms with Crippen molar-refractivity contribution in [2.24, 2.45) is 0 Å². The van der Waals surface area contributed by atoms with E-state index in [9.17, 15) is 4.79 Å². The van der Waals surface area contributed by atoms with Gasteiger partial charge in [0.05, 0.1) is 22.2 Å². The molecule has 3 nitrogen and oxygen atoms in total. The molecule has 6 heteroatoms. The van der Waals surface area contributed by atoms with Gasteiger partial charge in [-0.3, -0.25) is 4.79 Å². The molecule has 0 spiro atoms. The van der Waals surface area contributed by atoms with Crippen molar-refractivity contribution in [1.29, 1.82) is 0 Å². The summed E-state index contributed by atoms with van der Waals surface area (Å²) in [4.78, 5) is 11.7. The summed E-state index contributed by atoms with van der Waals surface area (Å²) in [5, 5.41) is 3.51. The molecular weight excluding hydrogens is 291 g/mol. The lowest BCUT2D eigenvalue weighted by Gasteiger charge is -2.10. The smallest absolute Gasteiger partial charge is 0.234 e. The van der Waals surface area contributed by atoms with Crippen LogP contribution in [0.25, 0.3) is 0 Å². The van der Waals surface area contributed by atoms with Gasteiger partial charge in [0.1, 0.15) is 0 Å². The Kier molecular flexibility index (Phi) is 6.68. The SMILES string of the molecule is CCCCSCC(=O)Nc1c(N)cc(Cl)cc1Cl. The lowest BCUT2D eigenvalue weighted by Crippen LogP contribution is -2.15. The number of rotatable bonds is 6. The molecule has 0 fully saturated rings. The van der Waals surface area contributed by atoms with E-state index in [2.05, 4.69) is 12.2 Å². The fourth-order valence-electron chi connectivity index (χ4n) is 1.31. The summed E-state index contributed by atoms with van der Waals surface area (Å²) in [6.45, 7) is 2.12. The van der Waals surface area contributed by atoms with Crippen LogP contribution in [-0.2, 0) is 4.79 Å². The highest BCUT2D eigenvalue weighted by Crippen LogP contribution is 2.32. The number of amides is 1. The maximum atomic E-state index is 11.7. The Balaban J connectivity index is 2.54. The van der Waals surface area contributed by atoms with Crippen LogP contribution in [0.1, 0.15) is 19.8 Å². The fourth-order valence-corrected chi connectivity index (χ4v) is 2.76. The standard InChI is InChI=1S/C12H16Cl2N2OS/c1-2-3-4-18-7-11(17)16-12-9(14)5-8(13)6-10(12)15/h5-6H,2-4,7,15H2,1H3,(H,16,17). The Morgan fingerprint density at radius 2 is 2.17 bits per heavy atom. The van der Waals surface area contributed by atoms with Gasteiger partial charge in [-0.15, -0.1) is 0 Å². The van der Waals surface area contributed by atoms with Crippen LogP contribution in [0.15, 0.2) is 12.1 Å². The molecule has 0 bridgehead atoms. The summed E-state index contributed by atoms with van der Waals surface area (Å²) in [7, 11) is 0. The predicted octanol–water partition coefficient (Wildman–Crippen LogP) is 4.05. The Morgan fingerprint density at radius 3 is 2.78 bits per heavy atom. The molecule has 0 saturated carbocycles. The highest BCUT2D eigenvalue weighted by atomic mass is 35.5. The number of anilines is 2. The van der Waals surface area contributed by atoms with Crippen LogP contribution in [0.5, 0.6) is 0 Å². The largest absolute Gasteiger partial charge is 0.397 e. The van der Waals surface area contributed by atoms with Crippen LogP contribution in [0.3, 0.4) is 0 Å². The molecule has 0 atom stereocenters. The number of thioether (sulfide) groups is 1. The number of nitrogens with one attached hydrogen (secondary N) is 1. The summed E-state index contributed by atoms with van der Waals surface area (Å²) in [6, 6.07) is 3.12. The van der Waals surface area contributed by atoms with Crippen LogP contribution < -0.4 is 11.1 Å². The average molecular weight is 307 g/mol. The van der Waals surface area contributed by atoms with Crippen LogP contribution >= 0.6 is 35.0 Å². The molecule has 3 N–H and O–H groups in total. The number of nitrogen functional groups attached to an aromatic ring is 1. The maximum Gasteiger partial charge on any atom is 0.234 e. The molecule has 0 unspecified atom stereocenters. The zero-order valence-electron chi connectivity index (χ0n) is 10.1. The maximum absolute atomic E-state index is 11.7. The second kappa shape index (κ2) is 7.77. The molecule has 18 heavy (non-hydrogen) atoms. The van der Waals surface area contributed by atoms with Gasteiger partial charge in [0.15, 0.2) is 0 Å². The average Bonchev–Trinajstić information content (AvgIpc) is 2.29. The normalized spacial score (nSPS) is 10.4. The first-order valence-corrected chi connectivity index (χ1v) is 7.57. The first-order valence-electron chi connectivity index (χ1n) is 5.66. The summed E-state index contributed by atoms with van der Waals surface area (Å²) in [5.74, 6) is 1.28. The van der Waals surface area contributed by atoms with Crippen molar-refractivity contribution in [2.75, 3.05) is 22.6 Å². The number of carbonyl (C=O) groups is 1. The van der Waals surface area contributed by atoms with E-state index >= 15 is 0 Å². The van der Waals surface area contributed by atoms with E-state index in [0.29, 0.717) is 27.2 Å². The van der Waals surface area contributed by atoms with Gasteiger partial charge in [-0.25, -0.2) is 0 Å². The second-order valence-corrected chi connectivity index (χ2v) is 5.75. The molecule has 0 aliphatic heterocycles. The van der Waals surface area contributed by atoms with Crippen molar-refractivity contribution in [2.45, 2.75) is 19.8 Å². The first kappa shape index (κ1) is 15.5. The second-order valence-electron chi connectivity index (χ2n) is 3.81. The predicted molar refractivity (Wildman–Crippen MR) is 81.7 cm³/mol. The van der Waals surface area contributed by atoms with Crippen molar-refractivity contribution in [1.82, 2.24) is 0 Å². The lowest BCUT2D eigenvalue weighted by molar-refractivity contribution is -0.113. The van der Waals surface area contributed by atoms with Crippen LogP contribution in [0, 0.1) is 0 Å². The third kappa shape index (κ3) is 4.96. The monoisotopic (exact) mass is 306 g/mol. The quantitative estimate of drug-likeness (QED) is 0.616. The summed E-state index contributed by atoms with van der Waals surface area (Å²) in [6.07, 6.45) is 2.24. The van der Waals surface area contributed by atoms with Gasteiger partial charge >= 0.3 is 0 Å². The van der Waals surface area contributed by atoms with Crippen LogP contribution in [0.2, 0.25) is 10.0 Å². The zero-order chi connectivity index (χ0) is 13.5. The van der Waals surface area contributed by atoms with E-state index < -0.39 is 0 Å². The molecular formula is C12H16Cl2N2OS. The van der Waals surface area contributed by atoms with Gasteiger partial charge in [-0.2, -0.15) is 11.8 Å². The van der Waals surface area contributed by atoms with Crippen LogP contribution in [0.4, 0.5) is 11.4 Å². The van der Waals surface area contributed by atoms with E-state index in [0.717, 1.165) is 18.6 Å². The number of benzene rings is 1. The topological polar surface area (TPSA) is 55.1 Å². The molecule has 1 aromatic carbocycles. The van der Waals surface area contributed by atoms with Gasteiger partial charge < -0.3 is 11.1 Å².